The number of hydrogen-bond acceptors (Lipinski definition) is 18. The molecule has 0 saturated heterocycles. The number of aliphatic hydroxyl groups is 2. The number of methoxy groups -OCH3 is 1. The third-order valence-corrected chi connectivity index (χ3v) is 10.3. The van der Waals surface area contributed by atoms with E-state index in [2.05, 4.69) is 10.1 Å². The van der Waals surface area contributed by atoms with Crippen LogP contribution in [0, 0.1) is 36.2 Å². The van der Waals surface area contributed by atoms with E-state index in [1.54, 1.807) is 135 Å². The number of anilines is 1. The number of nitriles is 1. The topological polar surface area (TPSA) is 273 Å². The van der Waals surface area contributed by atoms with Gasteiger partial charge in [0.15, 0.2) is 6.10 Å². The molecule has 0 radical (unpaired) electrons. The van der Waals surface area contributed by atoms with Crippen molar-refractivity contribution < 1.29 is 70.4 Å². The number of hydrogen-bond donors (Lipinski definition) is 3. The monoisotopic (exact) mass is 1010 g/mol. The lowest BCUT2D eigenvalue weighted by molar-refractivity contribution is -0.155. The lowest BCUT2D eigenvalue weighted by Crippen LogP contribution is -2.22. The first kappa shape index (κ1) is 57.7. The summed E-state index contributed by atoms with van der Waals surface area (Å²) in [4.78, 5) is 58.2. The van der Waals surface area contributed by atoms with Gasteiger partial charge in [0.05, 0.1) is 10.8 Å². The van der Waals surface area contributed by atoms with Gasteiger partial charge in [-0.1, -0.05) is 0 Å². The van der Waals surface area contributed by atoms with E-state index >= 15 is 0 Å². The number of carbonyl (C=O) groups is 3. The first-order chi connectivity index (χ1) is 34.3. The Bertz CT molecular complexity index is 3110. The molecule has 0 aliphatic heterocycles. The number of esters is 2. The maximum atomic E-state index is 12.3. The van der Waals surface area contributed by atoms with Gasteiger partial charge in [-0.2, -0.15) is 0 Å². The SMILES string of the molecule is CC(O)c1ccc(COC(=O)C(C)(C)C)o1.COC(C)c1ccc(CO)o1.Cc1cc(=O)oc2cc(NC(=O)OC(C)c3ccc(COC(=O)C(C)(C)C)o3)ccc12.Cc1cc(=O)oc2cc(OC#N)ccc12. The highest BCUT2D eigenvalue weighted by Crippen LogP contribution is 2.26. The molecule has 0 bridgehead atoms. The third-order valence-electron chi connectivity index (χ3n) is 10.3. The zero-order valence-corrected chi connectivity index (χ0v) is 42.9. The molecule has 19 heteroatoms. The summed E-state index contributed by atoms with van der Waals surface area (Å²) in [6.07, 6.45) is -0.503. The quantitative estimate of drug-likeness (QED) is 0.0444. The van der Waals surface area contributed by atoms with E-state index in [-0.39, 0.29) is 37.9 Å². The van der Waals surface area contributed by atoms with E-state index in [0.29, 0.717) is 51.4 Å². The first-order valence-electron chi connectivity index (χ1n) is 22.9. The summed E-state index contributed by atoms with van der Waals surface area (Å²) >= 11 is 0. The molecule has 3 atom stereocenters. The molecule has 0 spiro atoms. The number of amides is 1. The van der Waals surface area contributed by atoms with Gasteiger partial charge in [-0.25, -0.2) is 14.4 Å². The zero-order chi connectivity index (χ0) is 54.2. The molecule has 0 aliphatic rings. The van der Waals surface area contributed by atoms with Crippen molar-refractivity contribution in [1.29, 1.82) is 5.26 Å². The lowest BCUT2D eigenvalue weighted by Gasteiger charge is -2.15. The first-order valence-corrected chi connectivity index (χ1v) is 22.9. The van der Waals surface area contributed by atoms with E-state index in [4.69, 9.17) is 51.4 Å². The Morgan fingerprint density at radius 1 is 0.644 bits per heavy atom. The normalized spacial score (nSPS) is 12.3. The Morgan fingerprint density at radius 2 is 1.11 bits per heavy atom. The molecule has 2 aromatic carbocycles. The van der Waals surface area contributed by atoms with Crippen molar-refractivity contribution in [3.63, 3.8) is 0 Å². The molecule has 7 rings (SSSR count). The largest absolute Gasteiger partial charge is 0.461 e. The van der Waals surface area contributed by atoms with E-state index in [0.717, 1.165) is 27.7 Å². The van der Waals surface area contributed by atoms with Crippen LogP contribution in [0.2, 0.25) is 0 Å². The number of fused-ring (bicyclic) bond motifs is 2. The standard InChI is InChI=1S/C23H25NO7.C12H18O4.C11H7NO3.C8H12O3/c1-13-10-20(25)31-19-11-15(6-8-17(13)19)24-22(27)29-14(2)18-9-7-16(30-18)12-28-21(26)23(3,4)5;1-8(13)10-6-5-9(16-10)7-15-11(14)12(2,3)4;1-7-4-11(13)15-10-5-8(14-6-12)2-3-9(7)10;1-6(10-2)8-4-3-7(5-9)11-8/h6-11,14H,12H2,1-5H3,(H,24,27);5-6,8,13H,7H2,1-4H3;2-5H,1H3;3-4,6,9H,5H2,1-2H3. The fourth-order valence-corrected chi connectivity index (χ4v) is 6.10. The van der Waals surface area contributed by atoms with Gasteiger partial charge in [0.2, 0.25) is 0 Å². The number of ether oxygens (including phenoxy) is 5. The van der Waals surface area contributed by atoms with Crippen LogP contribution in [0.5, 0.6) is 5.75 Å². The number of aliphatic hydroxyl groups excluding tert-OH is 2. The fourth-order valence-electron chi connectivity index (χ4n) is 6.10. The van der Waals surface area contributed by atoms with Gasteiger partial charge >= 0.3 is 29.3 Å². The molecule has 5 aromatic heterocycles. The van der Waals surface area contributed by atoms with Crippen LogP contribution in [0.3, 0.4) is 0 Å². The maximum absolute atomic E-state index is 12.3. The van der Waals surface area contributed by atoms with Crippen molar-refractivity contribution in [2.24, 2.45) is 10.8 Å². The molecule has 0 fully saturated rings. The summed E-state index contributed by atoms with van der Waals surface area (Å²) in [5, 5.41) is 30.5. The summed E-state index contributed by atoms with van der Waals surface area (Å²) in [5.41, 5.74) is 0.861. The summed E-state index contributed by atoms with van der Waals surface area (Å²) in [5.74, 6) is 2.94. The average molecular weight is 1010 g/mol. The molecule has 19 nitrogen and oxygen atoms in total. The highest BCUT2D eigenvalue weighted by atomic mass is 16.6. The van der Waals surface area contributed by atoms with Crippen molar-refractivity contribution in [2.75, 3.05) is 12.4 Å². The molecule has 5 heterocycles. The van der Waals surface area contributed by atoms with E-state index in [1.165, 1.54) is 18.2 Å². The molecule has 73 heavy (non-hydrogen) atoms. The summed E-state index contributed by atoms with van der Waals surface area (Å²) in [6, 6.07) is 23.0. The number of rotatable bonds is 12. The highest BCUT2D eigenvalue weighted by molar-refractivity contribution is 5.90. The molecule has 0 saturated carbocycles. The fraction of sp³-hybridized carbons (Fsp3) is 0.370. The van der Waals surface area contributed by atoms with E-state index < -0.39 is 40.4 Å². The molecular weight excluding hydrogens is 949 g/mol. The van der Waals surface area contributed by atoms with Gasteiger partial charge in [-0.05, 0) is 148 Å². The minimum Gasteiger partial charge on any atom is -0.461 e. The Labute approximate surface area is 421 Å². The van der Waals surface area contributed by atoms with Gasteiger partial charge in [0.25, 0.3) is 6.26 Å². The zero-order valence-electron chi connectivity index (χ0n) is 42.9. The lowest BCUT2D eigenvalue weighted by atomic mass is 9.97. The highest BCUT2D eigenvalue weighted by Gasteiger charge is 2.25. The van der Waals surface area contributed by atoms with Crippen LogP contribution in [0.4, 0.5) is 10.5 Å². The second-order valence-electron chi connectivity index (χ2n) is 18.5. The maximum Gasteiger partial charge on any atom is 0.412 e. The number of benzene rings is 2. The number of carbonyl (C=O) groups excluding carboxylic acids is 3. The van der Waals surface area contributed by atoms with E-state index in [9.17, 15) is 29.1 Å². The van der Waals surface area contributed by atoms with E-state index in [1.807, 2.05) is 20.8 Å². The number of nitrogens with zero attached hydrogens (tertiary/aromatic N) is 1. The van der Waals surface area contributed by atoms with Gasteiger partial charge in [-0.3, -0.25) is 14.9 Å². The molecule has 3 N–H and O–H groups in total. The minimum absolute atomic E-state index is 0.00325. The molecular formula is C54H62N2O17. The van der Waals surface area contributed by atoms with Crippen LogP contribution in [-0.4, -0.2) is 35.4 Å². The molecule has 0 aliphatic carbocycles. The minimum atomic E-state index is -0.695. The van der Waals surface area contributed by atoms with Crippen LogP contribution >= 0.6 is 0 Å². The molecule has 7 aromatic rings. The van der Waals surface area contributed by atoms with Crippen LogP contribution in [0.25, 0.3) is 21.9 Å². The van der Waals surface area contributed by atoms with Crippen LogP contribution in [0.15, 0.2) is 117 Å². The number of nitrogens with one attached hydrogen (secondary N) is 1. The van der Waals surface area contributed by atoms with Crippen molar-refractivity contribution in [2.45, 2.75) is 114 Å². The van der Waals surface area contributed by atoms with Crippen molar-refractivity contribution in [3.8, 4) is 12.0 Å². The van der Waals surface area contributed by atoms with Gasteiger partial charge in [0, 0.05) is 47.8 Å². The molecule has 390 valence electrons. The Hall–Kier alpha value is -7.92. The van der Waals surface area contributed by atoms with Crippen molar-refractivity contribution in [3.05, 3.63) is 151 Å². The smallest absolute Gasteiger partial charge is 0.412 e. The predicted molar refractivity (Wildman–Crippen MR) is 266 cm³/mol. The Kier molecular flexibility index (Phi) is 20.5. The summed E-state index contributed by atoms with van der Waals surface area (Å²) < 4.78 is 51.6. The number of aryl methyl sites for hydroxylation is 2. The molecule has 3 unspecified atom stereocenters. The Balaban J connectivity index is 0.000000231. The Morgan fingerprint density at radius 3 is 1.58 bits per heavy atom. The average Bonchev–Trinajstić information content (AvgIpc) is 4.12. The summed E-state index contributed by atoms with van der Waals surface area (Å²) in [7, 11) is 1.62. The van der Waals surface area contributed by atoms with Crippen LogP contribution in [-0.2, 0) is 48.4 Å². The van der Waals surface area contributed by atoms with Crippen molar-refractivity contribution >= 4 is 45.7 Å². The second kappa shape index (κ2) is 26.0. The van der Waals surface area contributed by atoms with Crippen molar-refractivity contribution in [1.82, 2.24) is 0 Å². The van der Waals surface area contributed by atoms with Gasteiger partial charge in [0.1, 0.15) is 83.5 Å². The third kappa shape index (κ3) is 17.7. The van der Waals surface area contributed by atoms with Crippen LogP contribution < -0.4 is 21.3 Å². The second-order valence-corrected chi connectivity index (χ2v) is 18.5. The predicted octanol–water partition coefficient (Wildman–Crippen LogP) is 11.0. The molecule has 1 amide bonds. The van der Waals surface area contributed by atoms with Gasteiger partial charge in [-0.15, -0.1) is 5.26 Å². The van der Waals surface area contributed by atoms with Crippen LogP contribution in [0.1, 0.15) is 126 Å². The summed E-state index contributed by atoms with van der Waals surface area (Å²) in [6.45, 7) is 19.5. The van der Waals surface area contributed by atoms with Gasteiger partial charge < -0.3 is 56.0 Å². The number of furan rings is 3.